The van der Waals surface area contributed by atoms with Crippen LogP contribution in [0.15, 0.2) is 72.3 Å². The summed E-state index contributed by atoms with van der Waals surface area (Å²) in [7, 11) is 1.54. The zero-order valence-corrected chi connectivity index (χ0v) is 19.2. The first kappa shape index (κ1) is 21.8. The van der Waals surface area contributed by atoms with Crippen molar-refractivity contribution in [3.63, 3.8) is 0 Å². The summed E-state index contributed by atoms with van der Waals surface area (Å²) in [5, 5.41) is 11.4. The molecule has 6 heteroatoms. The van der Waals surface area contributed by atoms with E-state index in [0.717, 1.165) is 16.9 Å². The van der Waals surface area contributed by atoms with E-state index in [4.69, 9.17) is 9.47 Å². The molecule has 3 aromatic rings. The lowest BCUT2D eigenvalue weighted by Crippen LogP contribution is -2.29. The van der Waals surface area contributed by atoms with Crippen LogP contribution in [-0.2, 0) is 16.0 Å². The maximum atomic E-state index is 13.4. The second kappa shape index (κ2) is 8.37. The van der Waals surface area contributed by atoms with E-state index < -0.39 is 17.7 Å². The van der Waals surface area contributed by atoms with Gasteiger partial charge in [0.15, 0.2) is 0 Å². The van der Waals surface area contributed by atoms with Crippen LogP contribution in [0.25, 0.3) is 5.76 Å². The van der Waals surface area contributed by atoms with E-state index in [-0.39, 0.29) is 17.4 Å². The Morgan fingerprint density at radius 1 is 1.06 bits per heavy atom. The Morgan fingerprint density at radius 3 is 2.53 bits per heavy atom. The van der Waals surface area contributed by atoms with Crippen LogP contribution in [0.3, 0.4) is 0 Å². The average Bonchev–Trinajstić information content (AvgIpc) is 3.34. The van der Waals surface area contributed by atoms with Crippen LogP contribution in [0.1, 0.15) is 35.2 Å². The molecule has 2 unspecified atom stereocenters. The largest absolute Gasteiger partial charge is 0.507 e. The molecule has 1 amide bonds. The Bertz CT molecular complexity index is 1320. The number of aliphatic hydroxyl groups excluding tert-OH is 1. The fourth-order valence-corrected chi connectivity index (χ4v) is 4.72. The minimum atomic E-state index is -0.845. The molecular weight excluding hydrogens is 430 g/mol. The Balaban J connectivity index is 1.71. The standard InChI is InChI=1S/C28H25NO5/c1-16-8-11-20(12-9-16)29-25(21-6-4-5-7-23(21)33-3)24(27(31)28(29)32)26(30)18-10-13-22-19(15-18)14-17(2)34-22/h4-13,15,17,25,30H,14H2,1-3H3/b26-24+. The lowest BCUT2D eigenvalue weighted by Gasteiger charge is -2.26. The highest BCUT2D eigenvalue weighted by Gasteiger charge is 2.48. The number of ketones is 1. The first-order chi connectivity index (χ1) is 16.4. The van der Waals surface area contributed by atoms with Crippen molar-refractivity contribution in [2.45, 2.75) is 32.4 Å². The number of fused-ring (bicyclic) bond motifs is 1. The van der Waals surface area contributed by atoms with Gasteiger partial charge in [0.05, 0.1) is 18.7 Å². The molecule has 0 aromatic heterocycles. The topological polar surface area (TPSA) is 76.1 Å². The molecule has 34 heavy (non-hydrogen) atoms. The molecule has 6 nitrogen and oxygen atoms in total. The molecule has 2 aliphatic rings. The molecule has 0 bridgehead atoms. The molecular formula is C28H25NO5. The summed E-state index contributed by atoms with van der Waals surface area (Å²) in [6, 6.07) is 19.1. The van der Waals surface area contributed by atoms with Gasteiger partial charge in [-0.2, -0.15) is 0 Å². The highest BCUT2D eigenvalue weighted by molar-refractivity contribution is 6.51. The number of Topliss-reactive ketones (excluding diaryl/α,β-unsaturated/α-hetero) is 1. The minimum absolute atomic E-state index is 0.0296. The second-order valence-electron chi connectivity index (χ2n) is 8.70. The van der Waals surface area contributed by atoms with Gasteiger partial charge in [-0.1, -0.05) is 35.9 Å². The fraction of sp³-hybridized carbons (Fsp3) is 0.214. The van der Waals surface area contributed by atoms with Crippen molar-refractivity contribution in [2.75, 3.05) is 12.0 Å². The van der Waals surface area contributed by atoms with E-state index >= 15 is 0 Å². The third-order valence-corrected chi connectivity index (χ3v) is 6.36. The molecule has 2 aliphatic heterocycles. The molecule has 1 saturated heterocycles. The number of amides is 1. The summed E-state index contributed by atoms with van der Waals surface area (Å²) in [6.07, 6.45) is 0.762. The summed E-state index contributed by atoms with van der Waals surface area (Å²) < 4.78 is 11.3. The molecule has 5 rings (SSSR count). The molecule has 172 valence electrons. The number of carbonyl (C=O) groups is 2. The van der Waals surface area contributed by atoms with Crippen LogP contribution >= 0.6 is 0 Å². The van der Waals surface area contributed by atoms with E-state index in [1.165, 1.54) is 4.90 Å². The molecule has 2 heterocycles. The number of benzene rings is 3. The monoisotopic (exact) mass is 455 g/mol. The van der Waals surface area contributed by atoms with Crippen LogP contribution in [0.4, 0.5) is 5.69 Å². The van der Waals surface area contributed by atoms with Crippen LogP contribution < -0.4 is 14.4 Å². The van der Waals surface area contributed by atoms with Gasteiger partial charge in [0.1, 0.15) is 23.4 Å². The number of nitrogens with zero attached hydrogens (tertiary/aromatic N) is 1. The number of hydrogen-bond donors (Lipinski definition) is 1. The maximum Gasteiger partial charge on any atom is 0.300 e. The zero-order chi connectivity index (χ0) is 24.0. The number of rotatable bonds is 4. The van der Waals surface area contributed by atoms with Gasteiger partial charge in [0.25, 0.3) is 11.7 Å². The number of anilines is 1. The summed E-state index contributed by atoms with van der Waals surface area (Å²) >= 11 is 0. The van der Waals surface area contributed by atoms with Crippen molar-refractivity contribution in [1.82, 2.24) is 0 Å². The van der Waals surface area contributed by atoms with Gasteiger partial charge in [-0.05, 0) is 55.8 Å². The summed E-state index contributed by atoms with van der Waals surface area (Å²) in [5.74, 6) is -0.358. The Kier molecular flexibility index (Phi) is 5.36. The van der Waals surface area contributed by atoms with E-state index in [1.807, 2.05) is 50.2 Å². The van der Waals surface area contributed by atoms with Crippen molar-refractivity contribution in [1.29, 1.82) is 0 Å². The second-order valence-corrected chi connectivity index (χ2v) is 8.70. The molecule has 1 fully saturated rings. The zero-order valence-electron chi connectivity index (χ0n) is 19.2. The lowest BCUT2D eigenvalue weighted by molar-refractivity contribution is -0.132. The van der Waals surface area contributed by atoms with Gasteiger partial charge in [-0.25, -0.2) is 0 Å². The van der Waals surface area contributed by atoms with Gasteiger partial charge in [-0.3, -0.25) is 14.5 Å². The Morgan fingerprint density at radius 2 is 1.79 bits per heavy atom. The van der Waals surface area contributed by atoms with Gasteiger partial charge < -0.3 is 14.6 Å². The predicted molar refractivity (Wildman–Crippen MR) is 129 cm³/mol. The molecule has 3 aromatic carbocycles. The number of aryl methyl sites for hydroxylation is 1. The molecule has 0 spiro atoms. The van der Waals surface area contributed by atoms with E-state index in [2.05, 4.69) is 0 Å². The van der Waals surface area contributed by atoms with Crippen LogP contribution in [0.5, 0.6) is 11.5 Å². The summed E-state index contributed by atoms with van der Waals surface area (Å²) in [5.41, 5.74) is 3.67. The minimum Gasteiger partial charge on any atom is -0.507 e. The quantitative estimate of drug-likeness (QED) is 0.342. The predicted octanol–water partition coefficient (Wildman–Crippen LogP) is 4.95. The Labute approximate surface area is 198 Å². The number of methoxy groups -OCH3 is 1. The van der Waals surface area contributed by atoms with Crippen LogP contribution in [0.2, 0.25) is 0 Å². The third-order valence-electron chi connectivity index (χ3n) is 6.36. The number of ether oxygens (including phenoxy) is 2. The maximum absolute atomic E-state index is 13.4. The van der Waals surface area contributed by atoms with E-state index in [1.54, 1.807) is 37.4 Å². The van der Waals surface area contributed by atoms with Gasteiger partial charge in [0, 0.05) is 23.2 Å². The van der Waals surface area contributed by atoms with Crippen LogP contribution in [0, 0.1) is 6.92 Å². The smallest absolute Gasteiger partial charge is 0.300 e. The Hall–Kier alpha value is -4.06. The normalized spacial score (nSPS) is 20.9. The number of carbonyl (C=O) groups excluding carboxylic acids is 2. The van der Waals surface area contributed by atoms with E-state index in [9.17, 15) is 14.7 Å². The van der Waals surface area contributed by atoms with Gasteiger partial charge in [0.2, 0.25) is 0 Å². The molecule has 0 saturated carbocycles. The number of aliphatic hydroxyl groups is 1. The summed E-state index contributed by atoms with van der Waals surface area (Å²) in [4.78, 5) is 28.1. The van der Waals surface area contributed by atoms with Gasteiger partial charge in [-0.15, -0.1) is 0 Å². The average molecular weight is 456 g/mol. The SMILES string of the molecule is COc1ccccc1C1/C(=C(\O)c2ccc3c(c2)CC(C)O3)C(=O)C(=O)N1c1ccc(C)cc1. The van der Waals surface area contributed by atoms with Crippen LogP contribution in [-0.4, -0.2) is 30.0 Å². The van der Waals surface area contributed by atoms with Crippen molar-refractivity contribution in [2.24, 2.45) is 0 Å². The molecule has 0 radical (unpaired) electrons. The summed E-state index contributed by atoms with van der Waals surface area (Å²) in [6.45, 7) is 3.93. The van der Waals surface area contributed by atoms with Crippen molar-refractivity contribution in [3.05, 3.63) is 94.6 Å². The lowest BCUT2D eigenvalue weighted by atomic mass is 9.93. The highest BCUT2D eigenvalue weighted by Crippen LogP contribution is 2.45. The third kappa shape index (κ3) is 3.52. The molecule has 1 N–H and O–H groups in total. The van der Waals surface area contributed by atoms with Crippen molar-refractivity contribution < 1.29 is 24.2 Å². The van der Waals surface area contributed by atoms with Gasteiger partial charge >= 0.3 is 0 Å². The van der Waals surface area contributed by atoms with Crippen molar-refractivity contribution >= 4 is 23.1 Å². The first-order valence-electron chi connectivity index (χ1n) is 11.2. The molecule has 2 atom stereocenters. The highest BCUT2D eigenvalue weighted by atomic mass is 16.5. The fourth-order valence-electron chi connectivity index (χ4n) is 4.72. The first-order valence-corrected chi connectivity index (χ1v) is 11.2. The molecule has 0 aliphatic carbocycles. The van der Waals surface area contributed by atoms with Crippen molar-refractivity contribution in [3.8, 4) is 11.5 Å². The number of hydrogen-bond acceptors (Lipinski definition) is 5. The number of para-hydroxylation sites is 1. The van der Waals surface area contributed by atoms with E-state index in [0.29, 0.717) is 29.0 Å².